The lowest BCUT2D eigenvalue weighted by molar-refractivity contribution is -0.156. The number of aryl methyl sites for hydroxylation is 1. The monoisotopic (exact) mass is 380 g/mol. The van der Waals surface area contributed by atoms with Crippen LogP contribution in [-0.4, -0.2) is 50.4 Å². The molecule has 0 radical (unpaired) electrons. The van der Waals surface area contributed by atoms with Crippen LogP contribution in [0, 0.1) is 0 Å². The maximum Gasteiger partial charge on any atom is 0.308 e. The van der Waals surface area contributed by atoms with E-state index in [-0.39, 0.29) is 18.2 Å². The van der Waals surface area contributed by atoms with Gasteiger partial charge in [-0.05, 0) is 57.9 Å². The quantitative estimate of drug-likeness (QED) is 0.313. The molecule has 0 aliphatic rings. The fourth-order valence-electron chi connectivity index (χ4n) is 2.38. The Bertz CT molecular complexity index is 603. The average molecular weight is 380 g/mol. The number of rotatable bonds is 12. The minimum Gasteiger partial charge on any atom is -0.491 e. The van der Waals surface area contributed by atoms with Gasteiger partial charge in [0.15, 0.2) is 5.78 Å². The molecule has 1 rings (SSSR count). The number of ketones is 1. The van der Waals surface area contributed by atoms with Gasteiger partial charge in [0.1, 0.15) is 18.0 Å². The van der Waals surface area contributed by atoms with Gasteiger partial charge in [0.25, 0.3) is 0 Å². The first-order valence-corrected chi connectivity index (χ1v) is 9.37. The third kappa shape index (κ3) is 10.1. The maximum absolute atomic E-state index is 11.5. The molecule has 0 aliphatic carbocycles. The van der Waals surface area contributed by atoms with Gasteiger partial charge < -0.3 is 18.9 Å². The third-order valence-electron chi connectivity index (χ3n) is 3.58. The molecular formula is C21H32O6. The van der Waals surface area contributed by atoms with Crippen LogP contribution in [0.1, 0.15) is 57.0 Å². The van der Waals surface area contributed by atoms with Crippen molar-refractivity contribution in [2.75, 3.05) is 33.0 Å². The molecule has 0 saturated carbocycles. The van der Waals surface area contributed by atoms with E-state index in [2.05, 4.69) is 0 Å². The first kappa shape index (κ1) is 23.1. The molecule has 0 saturated heterocycles. The van der Waals surface area contributed by atoms with Gasteiger partial charge in [-0.2, -0.15) is 0 Å². The predicted molar refractivity (Wildman–Crippen MR) is 103 cm³/mol. The normalized spacial score (nSPS) is 11.3. The number of benzene rings is 1. The Morgan fingerprint density at radius 3 is 2.19 bits per heavy atom. The summed E-state index contributed by atoms with van der Waals surface area (Å²) in [6.07, 6.45) is 1.01. The Morgan fingerprint density at radius 2 is 1.59 bits per heavy atom. The van der Waals surface area contributed by atoms with Crippen molar-refractivity contribution in [3.63, 3.8) is 0 Å². The second kappa shape index (κ2) is 11.7. The Labute approximate surface area is 162 Å². The fraction of sp³-hybridized carbons (Fsp3) is 0.619. The van der Waals surface area contributed by atoms with Gasteiger partial charge in [-0.15, -0.1) is 0 Å². The zero-order valence-electron chi connectivity index (χ0n) is 17.1. The number of hydrogen-bond acceptors (Lipinski definition) is 6. The Kier molecular flexibility index (Phi) is 10.0. The van der Waals surface area contributed by atoms with Gasteiger partial charge >= 0.3 is 5.97 Å². The second-order valence-corrected chi connectivity index (χ2v) is 7.14. The van der Waals surface area contributed by atoms with Gasteiger partial charge in [0.2, 0.25) is 0 Å². The highest BCUT2D eigenvalue weighted by Gasteiger charge is 2.15. The highest BCUT2D eigenvalue weighted by atomic mass is 16.6. The van der Waals surface area contributed by atoms with E-state index in [9.17, 15) is 9.59 Å². The van der Waals surface area contributed by atoms with Crippen LogP contribution in [0.5, 0.6) is 5.75 Å². The molecule has 0 heterocycles. The van der Waals surface area contributed by atoms with E-state index in [1.54, 1.807) is 19.1 Å². The summed E-state index contributed by atoms with van der Waals surface area (Å²) in [6.45, 7) is 11.1. The van der Waals surface area contributed by atoms with E-state index >= 15 is 0 Å². The lowest BCUT2D eigenvalue weighted by Crippen LogP contribution is -2.24. The molecule has 0 aromatic heterocycles. The average Bonchev–Trinajstić information content (AvgIpc) is 2.58. The fourth-order valence-corrected chi connectivity index (χ4v) is 2.38. The molecule has 0 atom stereocenters. The molecule has 27 heavy (non-hydrogen) atoms. The van der Waals surface area contributed by atoms with E-state index in [1.807, 2.05) is 33.8 Å². The molecule has 1 aromatic rings. The van der Waals surface area contributed by atoms with Crippen LogP contribution in [0.25, 0.3) is 0 Å². The standard InChI is InChI=1S/C21H32O6/c1-6-17-15-18(7-8-19(17)16(2)22)26-14-13-25-12-11-24-10-9-20(23)27-21(3,4)5/h7-8,15H,6,9-14H2,1-5H3. The summed E-state index contributed by atoms with van der Waals surface area (Å²) >= 11 is 0. The first-order valence-electron chi connectivity index (χ1n) is 9.37. The highest BCUT2D eigenvalue weighted by Crippen LogP contribution is 2.19. The van der Waals surface area contributed by atoms with Crippen LogP contribution in [0.4, 0.5) is 0 Å². The zero-order valence-corrected chi connectivity index (χ0v) is 17.1. The second-order valence-electron chi connectivity index (χ2n) is 7.14. The lowest BCUT2D eigenvalue weighted by atomic mass is 10.0. The summed E-state index contributed by atoms with van der Waals surface area (Å²) < 4.78 is 21.6. The first-order chi connectivity index (χ1) is 12.7. The minimum atomic E-state index is -0.468. The van der Waals surface area contributed by atoms with Crippen molar-refractivity contribution in [1.29, 1.82) is 0 Å². The van der Waals surface area contributed by atoms with Crippen LogP contribution < -0.4 is 4.74 Å². The summed E-state index contributed by atoms with van der Waals surface area (Å²) in [5.74, 6) is 0.529. The van der Waals surface area contributed by atoms with Crippen LogP contribution in [0.15, 0.2) is 18.2 Å². The Balaban J connectivity index is 2.11. The topological polar surface area (TPSA) is 71.1 Å². The van der Waals surface area contributed by atoms with Crippen molar-refractivity contribution >= 4 is 11.8 Å². The summed E-state index contributed by atoms with van der Waals surface area (Å²) in [5, 5.41) is 0. The van der Waals surface area contributed by atoms with Crippen molar-refractivity contribution in [2.24, 2.45) is 0 Å². The maximum atomic E-state index is 11.5. The van der Waals surface area contributed by atoms with Gasteiger partial charge in [-0.1, -0.05) is 6.92 Å². The van der Waals surface area contributed by atoms with Crippen molar-refractivity contribution in [1.82, 2.24) is 0 Å². The van der Waals surface area contributed by atoms with E-state index in [1.165, 1.54) is 0 Å². The number of esters is 1. The number of carbonyl (C=O) groups is 2. The van der Waals surface area contributed by atoms with E-state index in [4.69, 9.17) is 18.9 Å². The highest BCUT2D eigenvalue weighted by molar-refractivity contribution is 5.95. The van der Waals surface area contributed by atoms with E-state index < -0.39 is 5.60 Å². The van der Waals surface area contributed by atoms with Crippen LogP contribution in [-0.2, 0) is 25.4 Å². The van der Waals surface area contributed by atoms with Gasteiger partial charge in [0.05, 0.1) is 32.8 Å². The van der Waals surface area contributed by atoms with Crippen molar-refractivity contribution < 1.29 is 28.5 Å². The molecule has 0 unspecified atom stereocenters. The molecule has 1 aromatic carbocycles. The van der Waals surface area contributed by atoms with E-state index in [0.29, 0.717) is 33.0 Å². The Hall–Kier alpha value is -1.92. The number of hydrogen-bond donors (Lipinski definition) is 0. The third-order valence-corrected chi connectivity index (χ3v) is 3.58. The molecule has 0 N–H and O–H groups in total. The van der Waals surface area contributed by atoms with Crippen LogP contribution >= 0.6 is 0 Å². The summed E-state index contributed by atoms with van der Waals surface area (Å²) in [5.41, 5.74) is 1.26. The molecular weight excluding hydrogens is 348 g/mol. The molecule has 6 heteroatoms. The summed E-state index contributed by atoms with van der Waals surface area (Å²) in [6, 6.07) is 5.50. The number of Topliss-reactive ketones (excluding diaryl/α,β-unsaturated/α-hetero) is 1. The smallest absolute Gasteiger partial charge is 0.308 e. The summed E-state index contributed by atoms with van der Waals surface area (Å²) in [4.78, 5) is 23.0. The van der Waals surface area contributed by atoms with E-state index in [0.717, 1.165) is 23.3 Å². The zero-order chi connectivity index (χ0) is 20.3. The SMILES string of the molecule is CCc1cc(OCCOCCOCCC(=O)OC(C)(C)C)ccc1C(C)=O. The minimum absolute atomic E-state index is 0.0633. The molecule has 0 amide bonds. The van der Waals surface area contributed by atoms with Crippen LogP contribution in [0.3, 0.4) is 0 Å². The molecule has 152 valence electrons. The van der Waals surface area contributed by atoms with Crippen molar-refractivity contribution in [2.45, 2.75) is 53.1 Å². The molecule has 0 bridgehead atoms. The largest absolute Gasteiger partial charge is 0.491 e. The summed E-state index contributed by atoms with van der Waals surface area (Å²) in [7, 11) is 0. The number of carbonyl (C=O) groups excluding carboxylic acids is 2. The molecule has 0 spiro atoms. The van der Waals surface area contributed by atoms with Gasteiger partial charge in [0, 0.05) is 5.56 Å². The molecule has 0 aliphatic heterocycles. The van der Waals surface area contributed by atoms with Gasteiger partial charge in [-0.25, -0.2) is 0 Å². The number of ether oxygens (including phenoxy) is 4. The predicted octanol–water partition coefficient (Wildman–Crippen LogP) is 3.60. The van der Waals surface area contributed by atoms with Gasteiger partial charge in [-0.3, -0.25) is 9.59 Å². The lowest BCUT2D eigenvalue weighted by Gasteiger charge is -2.19. The van der Waals surface area contributed by atoms with Crippen molar-refractivity contribution in [3.05, 3.63) is 29.3 Å². The Morgan fingerprint density at radius 1 is 0.963 bits per heavy atom. The molecule has 6 nitrogen and oxygen atoms in total. The van der Waals surface area contributed by atoms with Crippen molar-refractivity contribution in [3.8, 4) is 5.75 Å². The molecule has 0 fully saturated rings. The van der Waals surface area contributed by atoms with Crippen LogP contribution in [0.2, 0.25) is 0 Å².